The molecule has 10 nitrogen and oxygen atoms in total. The van der Waals surface area contributed by atoms with E-state index in [1.807, 2.05) is 42.5 Å². The topological polar surface area (TPSA) is 131 Å². The molecule has 11 heteroatoms. The van der Waals surface area contributed by atoms with Gasteiger partial charge in [-0.2, -0.15) is 9.78 Å². The molecule has 0 aliphatic heterocycles. The zero-order chi connectivity index (χ0) is 20.4. The lowest BCUT2D eigenvalue weighted by Crippen LogP contribution is -2.04. The van der Waals surface area contributed by atoms with Crippen molar-refractivity contribution in [2.45, 2.75) is 0 Å². The van der Waals surface area contributed by atoms with Crippen LogP contribution in [0.25, 0.3) is 16.5 Å². The minimum absolute atomic E-state index is 0.155. The third-order valence-electron chi connectivity index (χ3n) is 4.12. The van der Waals surface area contributed by atoms with E-state index in [1.54, 1.807) is 0 Å². The number of nitrogens with one attached hydrogen (secondary N) is 1. The van der Waals surface area contributed by atoms with E-state index in [0.717, 1.165) is 16.5 Å². The molecule has 0 radical (unpaired) electrons. The summed E-state index contributed by atoms with van der Waals surface area (Å²) in [4.78, 5) is 10.4. The van der Waals surface area contributed by atoms with Gasteiger partial charge in [0.2, 0.25) is 0 Å². The Hall–Kier alpha value is -3.86. The van der Waals surface area contributed by atoms with E-state index >= 15 is 0 Å². The summed E-state index contributed by atoms with van der Waals surface area (Å²) in [5, 5.41) is 38.7. The van der Waals surface area contributed by atoms with Crippen LogP contribution in [0.3, 0.4) is 0 Å². The highest BCUT2D eigenvalue weighted by atomic mass is 79.9. The van der Waals surface area contributed by atoms with Crippen molar-refractivity contribution < 1.29 is 10.0 Å². The summed E-state index contributed by atoms with van der Waals surface area (Å²) in [6, 6.07) is 16.0. The fraction of sp³-hybridized carbons (Fsp3) is 0. The Balaban J connectivity index is 1.65. The van der Waals surface area contributed by atoms with Crippen molar-refractivity contribution in [1.29, 1.82) is 0 Å². The minimum Gasteiger partial charge on any atom is -0.506 e. The van der Waals surface area contributed by atoms with E-state index in [2.05, 4.69) is 42.0 Å². The Bertz CT molecular complexity index is 1250. The Morgan fingerprint density at radius 2 is 2.00 bits per heavy atom. The van der Waals surface area contributed by atoms with Gasteiger partial charge < -0.3 is 5.11 Å². The number of halogens is 1. The molecule has 0 fully saturated rings. The van der Waals surface area contributed by atoms with Gasteiger partial charge in [-0.15, -0.1) is 0 Å². The summed E-state index contributed by atoms with van der Waals surface area (Å²) in [6.07, 6.45) is 1.25. The second-order valence-corrected chi connectivity index (χ2v) is 6.76. The molecule has 0 saturated carbocycles. The first-order valence-corrected chi connectivity index (χ1v) is 9.06. The van der Waals surface area contributed by atoms with E-state index in [0.29, 0.717) is 0 Å². The molecule has 4 aromatic rings. The summed E-state index contributed by atoms with van der Waals surface area (Å²) >= 11 is 3.09. The van der Waals surface area contributed by atoms with Gasteiger partial charge in [-0.05, 0) is 37.8 Å². The lowest BCUT2D eigenvalue weighted by molar-refractivity contribution is -0.385. The molecule has 3 aromatic carbocycles. The SMILES string of the molecule is O=[N+]([O-])c1cc(Br)c(O)c(/C=N\Nc2nnnn2-c2cccc3ccccc23)c1. The summed E-state index contributed by atoms with van der Waals surface area (Å²) in [6.45, 7) is 0. The van der Waals surface area contributed by atoms with Gasteiger partial charge in [0.1, 0.15) is 5.75 Å². The number of hydrazone groups is 1. The van der Waals surface area contributed by atoms with Crippen LogP contribution in [-0.4, -0.2) is 36.5 Å². The number of fused-ring (bicyclic) bond motifs is 1. The van der Waals surface area contributed by atoms with Crippen molar-refractivity contribution in [2.75, 3.05) is 5.43 Å². The van der Waals surface area contributed by atoms with Crippen LogP contribution >= 0.6 is 15.9 Å². The Morgan fingerprint density at radius 3 is 2.83 bits per heavy atom. The number of aromatic nitrogens is 4. The maximum Gasteiger partial charge on any atom is 0.271 e. The molecule has 0 saturated heterocycles. The van der Waals surface area contributed by atoms with Gasteiger partial charge in [-0.25, -0.2) is 5.43 Å². The predicted octanol–water partition coefficient (Wildman–Crippen LogP) is 3.64. The number of non-ortho nitro benzene ring substituents is 1. The summed E-state index contributed by atoms with van der Waals surface area (Å²) in [7, 11) is 0. The average molecular weight is 454 g/mol. The zero-order valence-electron chi connectivity index (χ0n) is 14.6. The number of hydrogen-bond acceptors (Lipinski definition) is 8. The van der Waals surface area contributed by atoms with Gasteiger partial charge in [0.25, 0.3) is 11.6 Å². The number of benzene rings is 3. The van der Waals surface area contributed by atoms with Crippen molar-refractivity contribution in [3.05, 3.63) is 74.7 Å². The fourth-order valence-corrected chi connectivity index (χ4v) is 3.24. The molecule has 0 atom stereocenters. The number of nitrogens with zero attached hydrogens (tertiary/aromatic N) is 6. The monoisotopic (exact) mass is 453 g/mol. The Morgan fingerprint density at radius 1 is 1.21 bits per heavy atom. The summed E-state index contributed by atoms with van der Waals surface area (Å²) in [5.41, 5.74) is 3.43. The number of tetrazole rings is 1. The number of nitro benzene ring substituents is 1. The van der Waals surface area contributed by atoms with Crippen LogP contribution < -0.4 is 5.43 Å². The van der Waals surface area contributed by atoms with Crippen molar-refractivity contribution >= 4 is 44.6 Å². The molecular weight excluding hydrogens is 442 g/mol. The molecule has 4 rings (SSSR count). The van der Waals surface area contributed by atoms with E-state index in [4.69, 9.17) is 0 Å². The molecule has 144 valence electrons. The zero-order valence-corrected chi connectivity index (χ0v) is 16.2. The van der Waals surface area contributed by atoms with Crippen LogP contribution in [0, 0.1) is 10.1 Å². The van der Waals surface area contributed by atoms with Gasteiger partial charge in [0.15, 0.2) is 0 Å². The maximum absolute atomic E-state index is 11.0. The number of phenols is 1. The Labute approximate surface area is 171 Å². The number of phenolic OH excluding ortho intramolecular Hbond substituents is 1. The van der Waals surface area contributed by atoms with E-state index < -0.39 is 4.92 Å². The van der Waals surface area contributed by atoms with Crippen LogP contribution in [0.1, 0.15) is 5.56 Å². The third-order valence-corrected chi connectivity index (χ3v) is 4.73. The van der Waals surface area contributed by atoms with Crippen molar-refractivity contribution in [2.24, 2.45) is 5.10 Å². The lowest BCUT2D eigenvalue weighted by atomic mass is 10.1. The van der Waals surface area contributed by atoms with Gasteiger partial charge >= 0.3 is 0 Å². The first-order valence-electron chi connectivity index (χ1n) is 8.27. The van der Waals surface area contributed by atoms with E-state index in [-0.39, 0.29) is 27.4 Å². The molecular formula is C18H12BrN7O3. The molecule has 0 aliphatic carbocycles. The minimum atomic E-state index is -0.559. The molecule has 1 heterocycles. The third kappa shape index (κ3) is 3.62. The molecule has 0 bridgehead atoms. The normalized spacial score (nSPS) is 11.2. The lowest BCUT2D eigenvalue weighted by Gasteiger charge is -2.07. The molecule has 2 N–H and O–H groups in total. The van der Waals surface area contributed by atoms with Gasteiger partial charge in [-0.3, -0.25) is 10.1 Å². The number of aromatic hydroxyl groups is 1. The molecule has 0 amide bonds. The molecule has 0 spiro atoms. The van der Waals surface area contributed by atoms with Gasteiger partial charge in [0.05, 0.1) is 21.3 Å². The second kappa shape index (κ2) is 7.64. The fourth-order valence-electron chi connectivity index (χ4n) is 2.78. The van der Waals surface area contributed by atoms with Crippen LogP contribution in [0.2, 0.25) is 0 Å². The highest BCUT2D eigenvalue weighted by molar-refractivity contribution is 9.10. The van der Waals surface area contributed by atoms with Crippen LogP contribution in [0.5, 0.6) is 5.75 Å². The highest BCUT2D eigenvalue weighted by Gasteiger charge is 2.14. The number of nitro groups is 1. The number of hydrogen-bond donors (Lipinski definition) is 2. The van der Waals surface area contributed by atoms with Crippen LogP contribution in [0.4, 0.5) is 11.6 Å². The quantitative estimate of drug-likeness (QED) is 0.267. The standard InChI is InChI=1S/C18H12BrN7O3/c19-15-9-13(26(28)29)8-12(17(15)27)10-20-21-18-22-23-24-25(18)16-7-3-5-11-4-1-2-6-14(11)16/h1-10,27H,(H,21,22,24)/b20-10-. The largest absolute Gasteiger partial charge is 0.506 e. The molecule has 0 aliphatic rings. The van der Waals surface area contributed by atoms with Crippen molar-refractivity contribution in [1.82, 2.24) is 20.2 Å². The molecule has 1 aromatic heterocycles. The van der Waals surface area contributed by atoms with Crippen molar-refractivity contribution in [3.63, 3.8) is 0 Å². The highest BCUT2D eigenvalue weighted by Crippen LogP contribution is 2.31. The van der Waals surface area contributed by atoms with Gasteiger partial charge in [0, 0.05) is 23.1 Å². The number of rotatable bonds is 5. The first-order chi connectivity index (χ1) is 14.0. The Kier molecular flexibility index (Phi) is 4.87. The van der Waals surface area contributed by atoms with Gasteiger partial charge in [-0.1, -0.05) is 41.5 Å². The maximum atomic E-state index is 11.0. The summed E-state index contributed by atoms with van der Waals surface area (Å²) in [5.74, 6) is 0.0661. The first kappa shape index (κ1) is 18.5. The van der Waals surface area contributed by atoms with Crippen LogP contribution in [-0.2, 0) is 0 Å². The van der Waals surface area contributed by atoms with E-state index in [9.17, 15) is 15.2 Å². The van der Waals surface area contributed by atoms with Crippen LogP contribution in [0.15, 0.2) is 64.2 Å². The predicted molar refractivity (Wildman–Crippen MR) is 110 cm³/mol. The average Bonchev–Trinajstić information content (AvgIpc) is 3.18. The second-order valence-electron chi connectivity index (χ2n) is 5.91. The smallest absolute Gasteiger partial charge is 0.271 e. The summed E-state index contributed by atoms with van der Waals surface area (Å²) < 4.78 is 1.68. The molecule has 29 heavy (non-hydrogen) atoms. The molecule has 0 unspecified atom stereocenters. The van der Waals surface area contributed by atoms with Crippen molar-refractivity contribution in [3.8, 4) is 11.4 Å². The number of anilines is 1. The van der Waals surface area contributed by atoms with E-state index in [1.165, 1.54) is 23.0 Å².